The van der Waals surface area contributed by atoms with Crippen LogP contribution in [0.1, 0.15) is 32.6 Å². The Labute approximate surface area is 91.7 Å². The molecule has 90 valence electrons. The predicted octanol–water partition coefficient (Wildman–Crippen LogP) is 0.670. The molecule has 3 atom stereocenters. The number of methoxy groups -OCH3 is 1. The lowest BCUT2D eigenvalue weighted by Gasteiger charge is -2.37. The molecule has 0 saturated heterocycles. The number of hydrogen-bond donors (Lipinski definition) is 2. The summed E-state index contributed by atoms with van der Waals surface area (Å²) in [6, 6.07) is 0. The van der Waals surface area contributed by atoms with Gasteiger partial charge in [-0.1, -0.05) is 0 Å². The molecular formula is C11H23NO3. The maximum atomic E-state index is 9.20. The molecule has 4 nitrogen and oxygen atoms in total. The van der Waals surface area contributed by atoms with Crippen molar-refractivity contribution >= 4 is 0 Å². The van der Waals surface area contributed by atoms with Crippen LogP contribution in [-0.2, 0) is 9.47 Å². The van der Waals surface area contributed by atoms with Gasteiger partial charge in [0.2, 0.25) is 0 Å². The fraction of sp³-hybridized carbons (Fsp3) is 1.00. The van der Waals surface area contributed by atoms with Gasteiger partial charge in [-0.05, 0) is 32.6 Å². The predicted molar refractivity (Wildman–Crippen MR) is 58.7 cm³/mol. The van der Waals surface area contributed by atoms with E-state index in [1.807, 2.05) is 6.92 Å². The van der Waals surface area contributed by atoms with Crippen molar-refractivity contribution in [3.8, 4) is 0 Å². The Bertz CT molecular complexity index is 189. The van der Waals surface area contributed by atoms with E-state index in [2.05, 4.69) is 0 Å². The van der Waals surface area contributed by atoms with E-state index in [9.17, 15) is 5.11 Å². The molecule has 15 heavy (non-hydrogen) atoms. The Kier molecular flexibility index (Phi) is 4.99. The number of rotatable bonds is 5. The molecule has 0 aromatic heterocycles. The van der Waals surface area contributed by atoms with Crippen molar-refractivity contribution in [1.29, 1.82) is 0 Å². The highest BCUT2D eigenvalue weighted by Crippen LogP contribution is 2.28. The van der Waals surface area contributed by atoms with Gasteiger partial charge in [0, 0.05) is 12.6 Å². The van der Waals surface area contributed by atoms with Crippen molar-refractivity contribution in [3.63, 3.8) is 0 Å². The summed E-state index contributed by atoms with van der Waals surface area (Å²) in [6.07, 6.45) is 3.97. The molecule has 0 aliphatic heterocycles. The zero-order chi connectivity index (χ0) is 11.3. The summed E-state index contributed by atoms with van der Waals surface area (Å²) in [4.78, 5) is 0. The minimum Gasteiger partial charge on any atom is -0.394 e. The van der Waals surface area contributed by atoms with E-state index >= 15 is 0 Å². The molecule has 0 aromatic rings. The van der Waals surface area contributed by atoms with Crippen molar-refractivity contribution in [1.82, 2.24) is 0 Å². The second-order valence-corrected chi connectivity index (χ2v) is 4.64. The molecule has 1 aliphatic rings. The smallest absolute Gasteiger partial charge is 0.0784 e. The summed E-state index contributed by atoms with van der Waals surface area (Å²) in [7, 11) is 1.67. The van der Waals surface area contributed by atoms with Crippen LogP contribution in [0.3, 0.4) is 0 Å². The minimum absolute atomic E-state index is 0.0471. The molecule has 0 bridgehead atoms. The molecule has 1 aliphatic carbocycles. The quantitative estimate of drug-likeness (QED) is 0.710. The molecule has 0 amide bonds. The van der Waals surface area contributed by atoms with Crippen LogP contribution in [0, 0.1) is 0 Å². The summed E-state index contributed by atoms with van der Waals surface area (Å²) >= 11 is 0. The van der Waals surface area contributed by atoms with Crippen molar-refractivity contribution < 1.29 is 14.6 Å². The maximum absolute atomic E-state index is 9.20. The molecule has 0 spiro atoms. The fourth-order valence-corrected chi connectivity index (χ4v) is 2.20. The lowest BCUT2D eigenvalue weighted by atomic mass is 9.81. The first-order chi connectivity index (χ1) is 7.09. The van der Waals surface area contributed by atoms with Crippen LogP contribution >= 0.6 is 0 Å². The fourth-order valence-electron chi connectivity index (χ4n) is 2.20. The lowest BCUT2D eigenvalue weighted by molar-refractivity contribution is -0.0676. The van der Waals surface area contributed by atoms with Crippen molar-refractivity contribution in [3.05, 3.63) is 0 Å². The molecule has 3 unspecified atom stereocenters. The van der Waals surface area contributed by atoms with Gasteiger partial charge in [-0.2, -0.15) is 0 Å². The zero-order valence-corrected chi connectivity index (χ0v) is 9.74. The Balaban J connectivity index is 2.36. The monoisotopic (exact) mass is 217 g/mol. The number of aliphatic hydroxyl groups excluding tert-OH is 1. The minimum atomic E-state index is -0.435. The van der Waals surface area contributed by atoms with Crippen LogP contribution in [0.2, 0.25) is 0 Å². The highest BCUT2D eigenvalue weighted by atomic mass is 16.5. The number of nitrogens with two attached hydrogens (primary N) is 1. The largest absolute Gasteiger partial charge is 0.394 e. The Hall–Kier alpha value is -0.160. The highest BCUT2D eigenvalue weighted by molar-refractivity contribution is 4.90. The van der Waals surface area contributed by atoms with E-state index in [0.717, 1.165) is 25.7 Å². The molecule has 1 rings (SSSR count). The summed E-state index contributed by atoms with van der Waals surface area (Å²) < 4.78 is 10.8. The highest BCUT2D eigenvalue weighted by Gasteiger charge is 2.33. The Morgan fingerprint density at radius 2 is 2.33 bits per heavy atom. The Morgan fingerprint density at radius 3 is 2.93 bits per heavy atom. The van der Waals surface area contributed by atoms with E-state index in [-0.39, 0.29) is 18.8 Å². The van der Waals surface area contributed by atoms with Crippen LogP contribution in [0.25, 0.3) is 0 Å². The van der Waals surface area contributed by atoms with Gasteiger partial charge in [0.1, 0.15) is 0 Å². The average molecular weight is 217 g/mol. The van der Waals surface area contributed by atoms with Crippen molar-refractivity contribution in [2.45, 2.75) is 50.4 Å². The van der Waals surface area contributed by atoms with Crippen molar-refractivity contribution in [2.24, 2.45) is 5.73 Å². The second-order valence-electron chi connectivity index (χ2n) is 4.64. The SMILES string of the molecule is COCC(C)OC1CCCC(N)(CO)C1. The van der Waals surface area contributed by atoms with Crippen LogP contribution in [0.15, 0.2) is 0 Å². The summed E-state index contributed by atoms with van der Waals surface area (Å²) in [5, 5.41) is 9.20. The van der Waals surface area contributed by atoms with Gasteiger partial charge in [-0.15, -0.1) is 0 Å². The standard InChI is InChI=1S/C11H23NO3/c1-9(7-14-2)15-10-4-3-5-11(12,6-10)8-13/h9-10,13H,3-8,12H2,1-2H3. The van der Waals surface area contributed by atoms with E-state index in [4.69, 9.17) is 15.2 Å². The van der Waals surface area contributed by atoms with Gasteiger partial charge in [0.05, 0.1) is 25.4 Å². The Morgan fingerprint density at radius 1 is 1.60 bits per heavy atom. The van der Waals surface area contributed by atoms with Gasteiger partial charge < -0.3 is 20.3 Å². The lowest BCUT2D eigenvalue weighted by Crippen LogP contribution is -2.50. The first-order valence-electron chi connectivity index (χ1n) is 5.64. The summed E-state index contributed by atoms with van der Waals surface area (Å²) in [6.45, 7) is 2.65. The average Bonchev–Trinajstić information content (AvgIpc) is 2.18. The molecular weight excluding hydrogens is 194 g/mol. The topological polar surface area (TPSA) is 64.7 Å². The van der Waals surface area contributed by atoms with Gasteiger partial charge in [-0.3, -0.25) is 0 Å². The van der Waals surface area contributed by atoms with E-state index in [1.54, 1.807) is 7.11 Å². The van der Waals surface area contributed by atoms with Crippen LogP contribution in [0.5, 0.6) is 0 Å². The second kappa shape index (κ2) is 5.80. The number of hydrogen-bond acceptors (Lipinski definition) is 4. The summed E-state index contributed by atoms with van der Waals surface area (Å²) in [5.74, 6) is 0. The van der Waals surface area contributed by atoms with Crippen molar-refractivity contribution in [2.75, 3.05) is 20.3 Å². The van der Waals surface area contributed by atoms with Gasteiger partial charge in [0.25, 0.3) is 0 Å². The molecule has 1 fully saturated rings. The number of aliphatic hydroxyl groups is 1. The summed E-state index contributed by atoms with van der Waals surface area (Å²) in [5.41, 5.74) is 5.60. The van der Waals surface area contributed by atoms with E-state index in [0.29, 0.717) is 6.61 Å². The van der Waals surface area contributed by atoms with E-state index < -0.39 is 5.54 Å². The molecule has 4 heteroatoms. The molecule has 0 radical (unpaired) electrons. The van der Waals surface area contributed by atoms with E-state index in [1.165, 1.54) is 0 Å². The molecule has 3 N–H and O–H groups in total. The molecule has 0 aromatic carbocycles. The molecule has 1 saturated carbocycles. The van der Waals surface area contributed by atoms with Gasteiger partial charge in [-0.25, -0.2) is 0 Å². The third-order valence-corrected chi connectivity index (χ3v) is 2.98. The zero-order valence-electron chi connectivity index (χ0n) is 9.74. The normalized spacial score (nSPS) is 34.0. The number of ether oxygens (including phenoxy) is 2. The maximum Gasteiger partial charge on any atom is 0.0784 e. The molecule has 0 heterocycles. The van der Waals surface area contributed by atoms with Gasteiger partial charge >= 0.3 is 0 Å². The first kappa shape index (κ1) is 12.9. The van der Waals surface area contributed by atoms with Crippen LogP contribution < -0.4 is 5.73 Å². The van der Waals surface area contributed by atoms with Crippen LogP contribution in [0.4, 0.5) is 0 Å². The van der Waals surface area contributed by atoms with Crippen LogP contribution in [-0.4, -0.2) is 43.2 Å². The first-order valence-corrected chi connectivity index (χ1v) is 5.64. The third kappa shape index (κ3) is 4.07. The third-order valence-electron chi connectivity index (χ3n) is 2.98. The van der Waals surface area contributed by atoms with Gasteiger partial charge in [0.15, 0.2) is 0 Å².